The van der Waals surface area contributed by atoms with Gasteiger partial charge in [-0.2, -0.15) is 8.78 Å². The molecule has 0 saturated heterocycles. The first-order valence-electron chi connectivity index (χ1n) is 9.33. The number of halogens is 2. The highest BCUT2D eigenvalue weighted by Gasteiger charge is 2.29. The minimum Gasteiger partial charge on any atom is -0.383 e. The van der Waals surface area contributed by atoms with E-state index in [0.29, 0.717) is 41.5 Å². The number of alkyl halides is 2. The molecule has 10 nitrogen and oxygen atoms in total. The number of hydrogen-bond acceptors (Lipinski definition) is 8. The number of rotatable bonds is 9. The molecule has 0 aliphatic heterocycles. The lowest BCUT2D eigenvalue weighted by atomic mass is 10.1. The zero-order chi connectivity index (χ0) is 22.6. The van der Waals surface area contributed by atoms with E-state index < -0.39 is 17.7 Å². The number of hydrogen-bond donors (Lipinski definition) is 2. The second-order valence-electron chi connectivity index (χ2n) is 6.96. The van der Waals surface area contributed by atoms with Crippen LogP contribution in [-0.2, 0) is 28.4 Å². The van der Waals surface area contributed by atoms with Gasteiger partial charge in [0.25, 0.3) is 0 Å². The topological polar surface area (TPSA) is 134 Å². The third-order valence-corrected chi connectivity index (χ3v) is 4.16. The van der Waals surface area contributed by atoms with Crippen LogP contribution < -0.4 is 11.1 Å². The summed E-state index contributed by atoms with van der Waals surface area (Å²) >= 11 is 0. The van der Waals surface area contributed by atoms with Crippen LogP contribution in [0.25, 0.3) is 11.3 Å². The fraction of sp³-hybridized carbons (Fsp3) is 0.368. The molecule has 3 heterocycles. The van der Waals surface area contributed by atoms with Gasteiger partial charge in [-0.1, -0.05) is 5.21 Å². The molecule has 0 unspecified atom stereocenters. The van der Waals surface area contributed by atoms with Crippen LogP contribution in [0.15, 0.2) is 24.5 Å². The first-order valence-corrected chi connectivity index (χ1v) is 9.33. The number of methoxy groups -OCH3 is 1. The van der Waals surface area contributed by atoms with Crippen molar-refractivity contribution in [1.82, 2.24) is 29.9 Å². The Bertz CT molecular complexity index is 1080. The highest BCUT2D eigenvalue weighted by molar-refractivity contribution is 5.80. The van der Waals surface area contributed by atoms with Crippen molar-refractivity contribution in [1.29, 1.82) is 0 Å². The number of primary amides is 1. The molecular weight excluding hydrogens is 410 g/mol. The second kappa shape index (κ2) is 9.08. The minimum atomic E-state index is -3.20. The smallest absolute Gasteiger partial charge is 0.303 e. The third-order valence-electron chi connectivity index (χ3n) is 4.16. The summed E-state index contributed by atoms with van der Waals surface area (Å²) in [5, 5.41) is 11.2. The van der Waals surface area contributed by atoms with Crippen LogP contribution in [-0.4, -0.2) is 49.6 Å². The lowest BCUT2D eigenvalue weighted by Gasteiger charge is -2.14. The van der Waals surface area contributed by atoms with E-state index in [4.69, 9.17) is 10.5 Å². The lowest BCUT2D eigenvalue weighted by molar-refractivity contribution is -0.117. The lowest BCUT2D eigenvalue weighted by Crippen LogP contribution is -2.15. The molecule has 3 aromatic heterocycles. The van der Waals surface area contributed by atoms with Crippen LogP contribution >= 0.6 is 0 Å². The Morgan fingerprint density at radius 1 is 1.32 bits per heavy atom. The van der Waals surface area contributed by atoms with E-state index in [0.717, 1.165) is 6.92 Å². The Hall–Kier alpha value is -3.54. The molecule has 3 rings (SSSR count). The summed E-state index contributed by atoms with van der Waals surface area (Å²) < 4.78 is 34.2. The first kappa shape index (κ1) is 22.2. The number of carbonyl (C=O) groups excluding carboxylic acids is 1. The number of aryl methyl sites for hydroxylation is 1. The molecule has 0 fully saturated rings. The van der Waals surface area contributed by atoms with Gasteiger partial charge < -0.3 is 15.8 Å². The van der Waals surface area contributed by atoms with Crippen LogP contribution in [0, 0.1) is 6.92 Å². The quantitative estimate of drug-likeness (QED) is 0.524. The number of carbonyl (C=O) groups is 1. The van der Waals surface area contributed by atoms with Gasteiger partial charge in [-0.25, -0.2) is 14.6 Å². The summed E-state index contributed by atoms with van der Waals surface area (Å²) in [6, 6.07) is 3.12. The van der Waals surface area contributed by atoms with Crippen molar-refractivity contribution < 1.29 is 18.3 Å². The Labute approximate surface area is 176 Å². The molecule has 0 aromatic carbocycles. The number of nitrogens with zero attached hydrogens (tertiary/aromatic N) is 6. The minimum absolute atomic E-state index is 0.0867. The van der Waals surface area contributed by atoms with Gasteiger partial charge in [0.2, 0.25) is 11.7 Å². The molecule has 31 heavy (non-hydrogen) atoms. The van der Waals surface area contributed by atoms with E-state index in [-0.39, 0.29) is 12.2 Å². The summed E-state index contributed by atoms with van der Waals surface area (Å²) in [7, 11) is 1.58. The maximum absolute atomic E-state index is 13.8. The number of anilines is 2. The van der Waals surface area contributed by atoms with Crippen molar-refractivity contribution >= 4 is 17.4 Å². The van der Waals surface area contributed by atoms with Crippen LogP contribution in [0.5, 0.6) is 0 Å². The van der Waals surface area contributed by atoms with Gasteiger partial charge in [-0.15, -0.1) is 5.10 Å². The summed E-state index contributed by atoms with van der Waals surface area (Å²) in [6.45, 7) is 3.28. The summed E-state index contributed by atoms with van der Waals surface area (Å²) in [5.41, 5.74) is 7.52. The van der Waals surface area contributed by atoms with Gasteiger partial charge in [0.1, 0.15) is 11.5 Å². The number of nitrogens with one attached hydrogen (secondary N) is 1. The summed E-state index contributed by atoms with van der Waals surface area (Å²) in [6.07, 6.45) is 3.12. The van der Waals surface area contributed by atoms with Gasteiger partial charge in [0, 0.05) is 37.6 Å². The highest BCUT2D eigenvalue weighted by atomic mass is 19.3. The Morgan fingerprint density at radius 2 is 2.10 bits per heavy atom. The molecular formula is C19H22F2N8O2. The molecule has 1 amide bonds. The van der Waals surface area contributed by atoms with Crippen LogP contribution in [0.3, 0.4) is 0 Å². The largest absolute Gasteiger partial charge is 0.383 e. The van der Waals surface area contributed by atoms with E-state index in [1.54, 1.807) is 31.0 Å². The van der Waals surface area contributed by atoms with Gasteiger partial charge in [-0.3, -0.25) is 9.78 Å². The maximum atomic E-state index is 13.8. The van der Waals surface area contributed by atoms with Crippen molar-refractivity contribution in [3.05, 3.63) is 41.7 Å². The molecule has 164 valence electrons. The van der Waals surface area contributed by atoms with E-state index in [9.17, 15) is 13.6 Å². The zero-order valence-electron chi connectivity index (χ0n) is 17.3. The van der Waals surface area contributed by atoms with Crippen LogP contribution in [0.1, 0.15) is 24.1 Å². The fourth-order valence-corrected chi connectivity index (χ4v) is 2.76. The Balaban J connectivity index is 2.01. The molecule has 0 atom stereocenters. The normalized spacial score (nSPS) is 11.5. The van der Waals surface area contributed by atoms with E-state index >= 15 is 0 Å². The van der Waals surface area contributed by atoms with Crippen molar-refractivity contribution in [2.75, 3.05) is 19.0 Å². The maximum Gasteiger partial charge on any atom is 0.303 e. The molecule has 3 N–H and O–H groups in total. The van der Waals surface area contributed by atoms with Gasteiger partial charge in [0.15, 0.2) is 0 Å². The van der Waals surface area contributed by atoms with Gasteiger partial charge in [0.05, 0.1) is 37.2 Å². The molecule has 12 heteroatoms. The zero-order valence-corrected chi connectivity index (χ0v) is 17.3. The van der Waals surface area contributed by atoms with Crippen molar-refractivity contribution in [3.8, 4) is 11.3 Å². The van der Waals surface area contributed by atoms with Crippen molar-refractivity contribution in [2.45, 2.75) is 32.7 Å². The van der Waals surface area contributed by atoms with Crippen LogP contribution in [0.2, 0.25) is 0 Å². The van der Waals surface area contributed by atoms with E-state index in [1.165, 1.54) is 12.3 Å². The van der Waals surface area contributed by atoms with Gasteiger partial charge >= 0.3 is 5.92 Å². The molecule has 0 aliphatic carbocycles. The van der Waals surface area contributed by atoms with Crippen LogP contribution in [0.4, 0.5) is 20.3 Å². The predicted molar refractivity (Wildman–Crippen MR) is 108 cm³/mol. The average Bonchev–Trinajstić information content (AvgIpc) is 3.13. The Morgan fingerprint density at radius 3 is 2.77 bits per heavy atom. The highest BCUT2D eigenvalue weighted by Crippen LogP contribution is 2.30. The SMILES string of the molecule is COCCn1cc(-c2cnc(CC(N)=O)cc2Nc2cc(C)nc(C(C)(F)F)n2)nn1. The van der Waals surface area contributed by atoms with Crippen molar-refractivity contribution in [2.24, 2.45) is 5.73 Å². The van der Waals surface area contributed by atoms with Crippen molar-refractivity contribution in [3.63, 3.8) is 0 Å². The Kier molecular flexibility index (Phi) is 6.49. The second-order valence-corrected chi connectivity index (χ2v) is 6.96. The number of pyridine rings is 1. The molecule has 0 spiro atoms. The summed E-state index contributed by atoms with van der Waals surface area (Å²) in [4.78, 5) is 23.3. The summed E-state index contributed by atoms with van der Waals surface area (Å²) in [5.74, 6) is -4.20. The molecule has 3 aromatic rings. The van der Waals surface area contributed by atoms with E-state index in [2.05, 4.69) is 30.6 Å². The monoisotopic (exact) mass is 432 g/mol. The molecule has 0 saturated carbocycles. The third kappa shape index (κ3) is 5.75. The number of nitrogens with two attached hydrogens (primary N) is 1. The first-order chi connectivity index (χ1) is 14.7. The van der Waals surface area contributed by atoms with E-state index in [1.807, 2.05) is 0 Å². The molecule has 0 aliphatic rings. The predicted octanol–water partition coefficient (Wildman–Crippen LogP) is 1.97. The molecule has 0 bridgehead atoms. The fourth-order valence-electron chi connectivity index (χ4n) is 2.76. The number of ether oxygens (including phenoxy) is 1. The number of amides is 1. The van der Waals surface area contributed by atoms with Gasteiger partial charge in [-0.05, 0) is 13.0 Å². The number of aromatic nitrogens is 6. The molecule has 0 radical (unpaired) electrons. The standard InChI is InChI=1S/C19H22F2N8O2/c1-11-6-17(26-18(24-11)19(2,20)21)25-14-7-12(8-16(22)30)23-9-13(14)15-10-29(28-27-15)4-5-31-3/h6-7,9-10H,4-5,8H2,1-3H3,(H2,22,30)(H,23,24,25,26). The average molecular weight is 432 g/mol.